The Hall–Kier alpha value is -0.680. The largest absolute Gasteiger partial charge is 0.367 e. The van der Waals surface area contributed by atoms with E-state index in [1.165, 1.54) is 11.5 Å². The molecule has 12 heavy (non-hydrogen) atoms. The first-order chi connectivity index (χ1) is 5.86. The molecule has 2 rings (SSSR count). The van der Waals surface area contributed by atoms with Gasteiger partial charge in [-0.3, -0.25) is 0 Å². The van der Waals surface area contributed by atoms with Crippen molar-refractivity contribution in [2.75, 3.05) is 18.8 Å². The number of nitrogens with one attached hydrogen (secondary N) is 1. The van der Waals surface area contributed by atoms with Crippen molar-refractivity contribution in [3.05, 3.63) is 5.01 Å². The molecule has 2 heterocycles. The Labute approximate surface area is 75.4 Å². The van der Waals surface area contributed by atoms with Gasteiger partial charge in [0.2, 0.25) is 5.95 Å². The molecule has 1 aromatic rings. The normalized spacial score (nSPS) is 19.7. The lowest BCUT2D eigenvalue weighted by Gasteiger charge is -2.19. The molecule has 3 N–H and O–H groups in total. The van der Waals surface area contributed by atoms with E-state index in [9.17, 15) is 0 Å². The van der Waals surface area contributed by atoms with E-state index in [0.29, 0.717) is 11.9 Å². The molecule has 4 nitrogen and oxygen atoms in total. The molecule has 0 aromatic carbocycles. The van der Waals surface area contributed by atoms with E-state index in [0.717, 1.165) is 30.9 Å². The highest BCUT2D eigenvalue weighted by atomic mass is 32.1. The zero-order valence-electron chi connectivity index (χ0n) is 6.79. The lowest BCUT2D eigenvalue weighted by atomic mass is 9.99. The number of hydrogen-bond donors (Lipinski definition) is 2. The first-order valence-corrected chi connectivity index (χ1v) is 4.93. The van der Waals surface area contributed by atoms with Crippen LogP contribution in [-0.4, -0.2) is 22.4 Å². The van der Waals surface area contributed by atoms with Crippen LogP contribution in [0.15, 0.2) is 0 Å². The first-order valence-electron chi connectivity index (χ1n) is 4.16. The SMILES string of the molecule is Nc1nsc(C2CCNCC2)n1. The van der Waals surface area contributed by atoms with E-state index in [1.807, 2.05) is 0 Å². The van der Waals surface area contributed by atoms with E-state index in [-0.39, 0.29) is 0 Å². The van der Waals surface area contributed by atoms with E-state index < -0.39 is 0 Å². The van der Waals surface area contributed by atoms with Gasteiger partial charge in [0.1, 0.15) is 5.01 Å². The van der Waals surface area contributed by atoms with Crippen LogP contribution < -0.4 is 11.1 Å². The standard InChI is InChI=1S/C7H12N4S/c8-7-10-6(12-11-7)5-1-3-9-4-2-5/h5,9H,1-4H2,(H2,8,11). The summed E-state index contributed by atoms with van der Waals surface area (Å²) in [6.07, 6.45) is 2.32. The van der Waals surface area contributed by atoms with Crippen molar-refractivity contribution in [3.63, 3.8) is 0 Å². The lowest BCUT2D eigenvalue weighted by molar-refractivity contribution is 0.459. The summed E-state index contributed by atoms with van der Waals surface area (Å²) < 4.78 is 3.98. The zero-order chi connectivity index (χ0) is 8.39. The summed E-state index contributed by atoms with van der Waals surface area (Å²) in [5.41, 5.74) is 5.46. The number of piperidine rings is 1. The quantitative estimate of drug-likeness (QED) is 0.670. The van der Waals surface area contributed by atoms with Crippen LogP contribution in [0.4, 0.5) is 5.95 Å². The van der Waals surface area contributed by atoms with Gasteiger partial charge in [0.05, 0.1) is 0 Å². The van der Waals surface area contributed by atoms with Crippen molar-refractivity contribution in [1.29, 1.82) is 0 Å². The minimum atomic E-state index is 0.425. The fourth-order valence-corrected chi connectivity index (χ4v) is 2.23. The monoisotopic (exact) mass is 184 g/mol. The van der Waals surface area contributed by atoms with Crippen molar-refractivity contribution >= 4 is 17.5 Å². The fraction of sp³-hybridized carbons (Fsp3) is 0.714. The molecule has 0 bridgehead atoms. The van der Waals surface area contributed by atoms with E-state index >= 15 is 0 Å². The molecule has 5 heteroatoms. The molecular weight excluding hydrogens is 172 g/mol. The minimum absolute atomic E-state index is 0.425. The Morgan fingerprint density at radius 3 is 2.75 bits per heavy atom. The van der Waals surface area contributed by atoms with E-state index in [1.54, 1.807) is 0 Å². The zero-order valence-corrected chi connectivity index (χ0v) is 7.60. The van der Waals surface area contributed by atoms with Crippen molar-refractivity contribution in [3.8, 4) is 0 Å². The maximum Gasteiger partial charge on any atom is 0.232 e. The first kappa shape index (κ1) is 7.94. The average Bonchev–Trinajstić information content (AvgIpc) is 2.54. The molecule has 1 saturated heterocycles. The number of nitrogens with two attached hydrogens (primary N) is 1. The highest BCUT2D eigenvalue weighted by molar-refractivity contribution is 7.05. The van der Waals surface area contributed by atoms with Gasteiger partial charge in [-0.05, 0) is 37.5 Å². The van der Waals surface area contributed by atoms with Gasteiger partial charge in [0.25, 0.3) is 0 Å². The lowest BCUT2D eigenvalue weighted by Crippen LogP contribution is -2.26. The topological polar surface area (TPSA) is 63.8 Å². The van der Waals surface area contributed by atoms with Gasteiger partial charge in [0, 0.05) is 5.92 Å². The second-order valence-corrected chi connectivity index (χ2v) is 3.80. The van der Waals surface area contributed by atoms with Crippen LogP contribution in [0.25, 0.3) is 0 Å². The van der Waals surface area contributed by atoms with Gasteiger partial charge in [-0.25, -0.2) is 4.98 Å². The number of nitrogen functional groups attached to an aromatic ring is 1. The van der Waals surface area contributed by atoms with Crippen LogP contribution in [0, 0.1) is 0 Å². The van der Waals surface area contributed by atoms with Crippen molar-refractivity contribution in [1.82, 2.24) is 14.7 Å². The number of nitrogens with zero attached hydrogens (tertiary/aromatic N) is 2. The van der Waals surface area contributed by atoms with Crippen LogP contribution >= 0.6 is 11.5 Å². The summed E-state index contributed by atoms with van der Waals surface area (Å²) >= 11 is 1.44. The highest BCUT2D eigenvalue weighted by Crippen LogP contribution is 2.26. The van der Waals surface area contributed by atoms with Crippen molar-refractivity contribution in [2.45, 2.75) is 18.8 Å². The van der Waals surface area contributed by atoms with Gasteiger partial charge in [-0.15, -0.1) is 0 Å². The Balaban J connectivity index is 2.08. The number of anilines is 1. The van der Waals surface area contributed by atoms with Crippen LogP contribution in [0.3, 0.4) is 0 Å². The summed E-state index contributed by atoms with van der Waals surface area (Å²) in [5, 5.41) is 4.42. The Morgan fingerprint density at radius 2 is 2.17 bits per heavy atom. The van der Waals surface area contributed by atoms with E-state index in [2.05, 4.69) is 14.7 Å². The fourth-order valence-electron chi connectivity index (χ4n) is 1.48. The van der Waals surface area contributed by atoms with Gasteiger partial charge in [0.15, 0.2) is 0 Å². The summed E-state index contributed by atoms with van der Waals surface area (Å²) in [6.45, 7) is 2.17. The maximum absolute atomic E-state index is 5.46. The maximum atomic E-state index is 5.46. The molecule has 0 radical (unpaired) electrons. The molecule has 1 aliphatic heterocycles. The second kappa shape index (κ2) is 3.37. The number of aromatic nitrogens is 2. The van der Waals surface area contributed by atoms with Crippen LogP contribution in [0.5, 0.6) is 0 Å². The summed E-state index contributed by atoms with van der Waals surface area (Å²) in [4.78, 5) is 4.19. The van der Waals surface area contributed by atoms with Gasteiger partial charge in [-0.1, -0.05) is 0 Å². The third-order valence-corrected chi connectivity index (χ3v) is 3.04. The van der Waals surface area contributed by atoms with Crippen LogP contribution in [0.2, 0.25) is 0 Å². The Kier molecular flexibility index (Phi) is 2.23. The third-order valence-electron chi connectivity index (χ3n) is 2.15. The molecule has 0 saturated carbocycles. The minimum Gasteiger partial charge on any atom is -0.367 e. The Morgan fingerprint density at radius 1 is 1.42 bits per heavy atom. The highest BCUT2D eigenvalue weighted by Gasteiger charge is 2.18. The molecule has 1 aromatic heterocycles. The average molecular weight is 184 g/mol. The molecule has 0 spiro atoms. The predicted molar refractivity (Wildman–Crippen MR) is 49.2 cm³/mol. The van der Waals surface area contributed by atoms with Crippen molar-refractivity contribution in [2.24, 2.45) is 0 Å². The van der Waals surface area contributed by atoms with Crippen molar-refractivity contribution < 1.29 is 0 Å². The summed E-state index contributed by atoms with van der Waals surface area (Å²) in [5.74, 6) is 1.01. The van der Waals surface area contributed by atoms with E-state index in [4.69, 9.17) is 5.73 Å². The number of hydrogen-bond acceptors (Lipinski definition) is 5. The van der Waals surface area contributed by atoms with Gasteiger partial charge < -0.3 is 11.1 Å². The molecule has 0 unspecified atom stereocenters. The van der Waals surface area contributed by atoms with Crippen LogP contribution in [0.1, 0.15) is 23.8 Å². The van der Waals surface area contributed by atoms with Crippen LogP contribution in [-0.2, 0) is 0 Å². The number of rotatable bonds is 1. The second-order valence-electron chi connectivity index (χ2n) is 3.02. The molecule has 0 amide bonds. The predicted octanol–water partition coefficient (Wildman–Crippen LogP) is 0.587. The summed E-state index contributed by atoms with van der Waals surface area (Å²) in [7, 11) is 0. The molecular formula is C7H12N4S. The Bertz CT molecular complexity index is 254. The molecule has 0 aliphatic carbocycles. The smallest absolute Gasteiger partial charge is 0.232 e. The van der Waals surface area contributed by atoms with Gasteiger partial charge in [-0.2, -0.15) is 4.37 Å². The van der Waals surface area contributed by atoms with Gasteiger partial charge >= 0.3 is 0 Å². The molecule has 1 aliphatic rings. The molecule has 1 fully saturated rings. The molecule has 66 valence electrons. The molecule has 0 atom stereocenters. The summed E-state index contributed by atoms with van der Waals surface area (Å²) in [6, 6.07) is 0. The third kappa shape index (κ3) is 1.56.